The zero-order valence-corrected chi connectivity index (χ0v) is 24.1. The van der Waals surface area contributed by atoms with Crippen LogP contribution in [0.5, 0.6) is 0 Å². The molecule has 4 rings (SSSR count). The number of allylic oxidation sites excluding steroid dienone is 8. The fraction of sp³-hybridized carbons (Fsp3) is 0.353. The highest BCUT2D eigenvalue weighted by Gasteiger charge is 2.42. The smallest absolute Gasteiger partial charge is 0.233 e. The van der Waals surface area contributed by atoms with Crippen LogP contribution in [0.2, 0.25) is 0 Å². The Labute approximate surface area is 234 Å². The number of rotatable bonds is 10. The summed E-state index contributed by atoms with van der Waals surface area (Å²) < 4.78 is 2.29. The van der Waals surface area contributed by atoms with Crippen molar-refractivity contribution in [2.24, 2.45) is 5.84 Å². The minimum absolute atomic E-state index is 0.0146. The first kappa shape index (κ1) is 28.3. The van der Waals surface area contributed by atoms with Gasteiger partial charge in [0.05, 0.1) is 5.41 Å². The third-order valence-corrected chi connectivity index (χ3v) is 8.14. The van der Waals surface area contributed by atoms with E-state index in [2.05, 4.69) is 141 Å². The lowest BCUT2D eigenvalue weighted by molar-refractivity contribution is -0.401. The van der Waals surface area contributed by atoms with E-state index in [1.807, 2.05) is 0 Å². The molecule has 5 heteroatoms. The standard InChI is InChI=1S/C34H42N4O/c1-33(2)26-18-13-15-20-28(26)37(5)30(33)22-10-7-6-8-11-23-31-34(3,4)27-19-14-16-21-29(27)38(31)25-17-9-12-24-32(39)36-35/h6-8,10-11,13-16,18-23H,9,12,17,24-25,35H2,1-5H3/p+1. The van der Waals surface area contributed by atoms with Crippen LogP contribution in [0.1, 0.15) is 64.5 Å². The summed E-state index contributed by atoms with van der Waals surface area (Å²) >= 11 is 0. The molecule has 0 aromatic heterocycles. The Morgan fingerprint density at radius 2 is 1.54 bits per heavy atom. The predicted molar refractivity (Wildman–Crippen MR) is 163 cm³/mol. The van der Waals surface area contributed by atoms with Crippen LogP contribution in [0.4, 0.5) is 11.4 Å². The highest BCUT2D eigenvalue weighted by molar-refractivity contribution is 6.03. The number of para-hydroxylation sites is 2. The molecule has 0 bridgehead atoms. The van der Waals surface area contributed by atoms with E-state index in [-0.39, 0.29) is 16.7 Å². The number of hydrazine groups is 1. The molecule has 1 amide bonds. The fourth-order valence-electron chi connectivity index (χ4n) is 5.97. The second kappa shape index (κ2) is 12.0. The number of nitrogens with zero attached hydrogens (tertiary/aromatic N) is 2. The van der Waals surface area contributed by atoms with Gasteiger partial charge in [0.15, 0.2) is 5.71 Å². The van der Waals surface area contributed by atoms with Crippen molar-refractivity contribution in [2.45, 2.75) is 64.2 Å². The predicted octanol–water partition coefficient (Wildman–Crippen LogP) is 6.59. The Balaban J connectivity index is 1.43. The number of hydrogen-bond donors (Lipinski definition) is 2. The third-order valence-electron chi connectivity index (χ3n) is 8.14. The molecule has 2 heterocycles. The molecule has 0 atom stereocenters. The molecule has 204 valence electrons. The van der Waals surface area contributed by atoms with Crippen LogP contribution in [0.15, 0.2) is 96.8 Å². The topological polar surface area (TPSA) is 61.4 Å². The van der Waals surface area contributed by atoms with Crippen molar-refractivity contribution in [3.05, 3.63) is 108 Å². The summed E-state index contributed by atoms with van der Waals surface area (Å²) in [5.74, 6) is 5.10. The minimum Gasteiger partial charge on any atom is -0.344 e. The largest absolute Gasteiger partial charge is 0.344 e. The van der Waals surface area contributed by atoms with Crippen LogP contribution in [-0.2, 0) is 15.6 Å². The van der Waals surface area contributed by atoms with Crippen LogP contribution in [-0.4, -0.2) is 29.8 Å². The van der Waals surface area contributed by atoms with E-state index < -0.39 is 0 Å². The lowest BCUT2D eigenvalue weighted by atomic mass is 9.81. The van der Waals surface area contributed by atoms with Gasteiger partial charge in [0.25, 0.3) is 0 Å². The highest BCUT2D eigenvalue weighted by Crippen LogP contribution is 2.47. The number of carbonyl (C=O) groups excluding carboxylic acids is 1. The van der Waals surface area contributed by atoms with Crippen LogP contribution < -0.4 is 16.2 Å². The van der Waals surface area contributed by atoms with E-state index in [0.717, 1.165) is 25.8 Å². The highest BCUT2D eigenvalue weighted by atomic mass is 16.2. The minimum atomic E-state index is -0.0982. The first-order valence-corrected chi connectivity index (χ1v) is 14.0. The van der Waals surface area contributed by atoms with Gasteiger partial charge in [-0.15, -0.1) is 0 Å². The average Bonchev–Trinajstić information content (AvgIpc) is 3.26. The molecule has 0 spiro atoms. The summed E-state index contributed by atoms with van der Waals surface area (Å²) in [6.07, 6.45) is 18.3. The van der Waals surface area contributed by atoms with E-state index >= 15 is 0 Å². The number of hydrogen-bond acceptors (Lipinski definition) is 3. The molecule has 2 aromatic carbocycles. The molecule has 5 nitrogen and oxygen atoms in total. The quantitative estimate of drug-likeness (QED) is 0.0922. The molecule has 0 saturated heterocycles. The maximum Gasteiger partial charge on any atom is 0.233 e. The van der Waals surface area contributed by atoms with Crippen molar-refractivity contribution in [3.8, 4) is 0 Å². The van der Waals surface area contributed by atoms with E-state index in [4.69, 9.17) is 5.84 Å². The molecule has 2 aliphatic rings. The number of nitrogens with one attached hydrogen (secondary N) is 1. The zero-order chi connectivity index (χ0) is 28.0. The summed E-state index contributed by atoms with van der Waals surface area (Å²) in [4.78, 5) is 13.9. The van der Waals surface area contributed by atoms with Gasteiger partial charge < -0.3 is 4.90 Å². The summed E-state index contributed by atoms with van der Waals surface area (Å²) in [5.41, 5.74) is 10.00. The lowest BCUT2D eigenvalue weighted by Crippen LogP contribution is -2.29. The number of anilines is 1. The Hall–Kier alpha value is -3.70. The third kappa shape index (κ3) is 5.84. The van der Waals surface area contributed by atoms with E-state index in [1.165, 1.54) is 33.9 Å². The summed E-state index contributed by atoms with van der Waals surface area (Å²) in [7, 11) is 2.15. The molecule has 0 radical (unpaired) electrons. The van der Waals surface area contributed by atoms with Crippen molar-refractivity contribution in [2.75, 3.05) is 18.5 Å². The number of fused-ring (bicyclic) bond motifs is 2. The van der Waals surface area contributed by atoms with Crippen molar-refractivity contribution in [1.82, 2.24) is 5.43 Å². The summed E-state index contributed by atoms with van der Waals surface area (Å²) in [5, 5.41) is 0. The van der Waals surface area contributed by atoms with Gasteiger partial charge in [0, 0.05) is 47.5 Å². The van der Waals surface area contributed by atoms with Gasteiger partial charge in [-0.3, -0.25) is 10.2 Å². The lowest BCUT2D eigenvalue weighted by Gasteiger charge is -2.27. The first-order valence-electron chi connectivity index (χ1n) is 14.0. The average molecular weight is 524 g/mol. The second-order valence-corrected chi connectivity index (χ2v) is 11.4. The van der Waals surface area contributed by atoms with Crippen molar-refractivity contribution in [3.63, 3.8) is 0 Å². The van der Waals surface area contributed by atoms with E-state index in [0.29, 0.717) is 6.42 Å². The summed E-state index contributed by atoms with van der Waals surface area (Å²) in [6.45, 7) is 10.1. The van der Waals surface area contributed by atoms with Crippen LogP contribution in [0, 0.1) is 0 Å². The molecule has 0 aliphatic carbocycles. The Kier molecular flexibility index (Phi) is 8.71. The van der Waals surface area contributed by atoms with Crippen molar-refractivity contribution in [1.29, 1.82) is 0 Å². The normalized spacial score (nSPS) is 18.6. The van der Waals surface area contributed by atoms with Gasteiger partial charge >= 0.3 is 0 Å². The van der Waals surface area contributed by atoms with Crippen LogP contribution in [0.3, 0.4) is 0 Å². The summed E-state index contributed by atoms with van der Waals surface area (Å²) in [6, 6.07) is 17.3. The first-order chi connectivity index (χ1) is 18.7. The number of carbonyl (C=O) groups is 1. The van der Waals surface area contributed by atoms with Gasteiger partial charge in [-0.1, -0.05) is 87.0 Å². The monoisotopic (exact) mass is 523 g/mol. The molecule has 2 aromatic rings. The number of unbranched alkanes of at least 4 members (excludes halogenated alkanes) is 2. The van der Waals surface area contributed by atoms with E-state index in [9.17, 15) is 4.79 Å². The Morgan fingerprint density at radius 1 is 0.872 bits per heavy atom. The maximum atomic E-state index is 11.4. The molecule has 0 fully saturated rings. The molecule has 39 heavy (non-hydrogen) atoms. The van der Waals surface area contributed by atoms with Gasteiger partial charge in [0.2, 0.25) is 11.6 Å². The van der Waals surface area contributed by atoms with Crippen molar-refractivity contribution >= 4 is 23.0 Å². The van der Waals surface area contributed by atoms with Crippen LogP contribution >= 0.6 is 0 Å². The molecule has 0 unspecified atom stereocenters. The number of amides is 1. The Bertz CT molecular complexity index is 1360. The number of benzene rings is 2. The van der Waals surface area contributed by atoms with Crippen LogP contribution in [0.25, 0.3) is 0 Å². The van der Waals surface area contributed by atoms with Gasteiger partial charge in [-0.05, 0) is 44.4 Å². The molecule has 0 saturated carbocycles. The SMILES string of the molecule is C[N+]1=C(\C=C/C=C/C=C/C=C2/N(CCCCCC(=O)NN)c3ccccc3C2(C)C)C(C)(C)c2ccccc21. The van der Waals surface area contributed by atoms with E-state index in [1.54, 1.807) is 0 Å². The fourth-order valence-corrected chi connectivity index (χ4v) is 5.97. The maximum absolute atomic E-state index is 11.4. The second-order valence-electron chi connectivity index (χ2n) is 11.4. The molecular weight excluding hydrogens is 480 g/mol. The number of nitrogens with two attached hydrogens (primary N) is 1. The van der Waals surface area contributed by atoms with Gasteiger partial charge in [0.1, 0.15) is 7.05 Å². The van der Waals surface area contributed by atoms with Gasteiger partial charge in [-0.2, -0.15) is 4.58 Å². The molecule has 3 N–H and O–H groups in total. The Morgan fingerprint density at radius 3 is 2.28 bits per heavy atom. The molecule has 2 aliphatic heterocycles. The zero-order valence-electron chi connectivity index (χ0n) is 24.1. The van der Waals surface area contributed by atoms with Crippen molar-refractivity contribution < 1.29 is 9.37 Å². The van der Waals surface area contributed by atoms with Gasteiger partial charge in [-0.25, -0.2) is 5.84 Å². The molecular formula is C34H43N4O+.